The van der Waals surface area contributed by atoms with E-state index >= 15 is 0 Å². The molecular formula is C25H25N3O4S2. The third-order valence-electron chi connectivity index (χ3n) is 5.97. The number of carbonyl (C=O) groups excluding carboxylic acids is 1. The molecule has 0 aliphatic carbocycles. The van der Waals surface area contributed by atoms with Crippen molar-refractivity contribution in [3.8, 4) is 11.8 Å². The van der Waals surface area contributed by atoms with Crippen molar-refractivity contribution in [1.82, 2.24) is 4.31 Å². The highest BCUT2D eigenvalue weighted by Gasteiger charge is 2.34. The molecule has 4 rings (SSSR count). The van der Waals surface area contributed by atoms with Crippen molar-refractivity contribution in [3.63, 3.8) is 0 Å². The van der Waals surface area contributed by atoms with E-state index in [1.165, 1.54) is 28.6 Å². The summed E-state index contributed by atoms with van der Waals surface area (Å²) >= 11 is 1.60. The van der Waals surface area contributed by atoms with Gasteiger partial charge in [0.2, 0.25) is 15.9 Å². The molecule has 2 aromatic carbocycles. The van der Waals surface area contributed by atoms with Crippen molar-refractivity contribution < 1.29 is 17.9 Å². The summed E-state index contributed by atoms with van der Waals surface area (Å²) in [5.74, 6) is 0.442. The Kier molecular flexibility index (Phi) is 7.32. The standard InChI is InChI=1S/C25H25N3O4S2/c1-32-22-8-6-21(7-9-22)28(18-23-3-2-16-33-23)25(29)20-12-14-27(15-13-20)34(30,31)24-10-4-19(17-26)5-11-24/h2-11,16,20H,12-15,18H2,1H3. The number of sulfonamides is 1. The van der Waals surface area contributed by atoms with Crippen LogP contribution >= 0.6 is 11.3 Å². The molecule has 2 heterocycles. The number of nitriles is 1. The summed E-state index contributed by atoms with van der Waals surface area (Å²) in [6.45, 7) is 1.01. The van der Waals surface area contributed by atoms with Gasteiger partial charge in [0, 0.05) is 29.6 Å². The summed E-state index contributed by atoms with van der Waals surface area (Å²) in [7, 11) is -2.07. The normalized spacial score (nSPS) is 14.9. The lowest BCUT2D eigenvalue weighted by Crippen LogP contribution is -2.44. The molecule has 0 atom stereocenters. The molecule has 34 heavy (non-hydrogen) atoms. The van der Waals surface area contributed by atoms with E-state index in [1.54, 1.807) is 23.3 Å². The molecule has 9 heteroatoms. The minimum atomic E-state index is -3.67. The number of amides is 1. The van der Waals surface area contributed by atoms with Gasteiger partial charge in [0.05, 0.1) is 30.2 Å². The SMILES string of the molecule is COc1ccc(N(Cc2cccs2)C(=O)C2CCN(S(=O)(=O)c3ccc(C#N)cc3)CC2)cc1. The maximum Gasteiger partial charge on any atom is 0.243 e. The number of ether oxygens (including phenoxy) is 1. The summed E-state index contributed by atoms with van der Waals surface area (Å²) in [5.41, 5.74) is 1.19. The van der Waals surface area contributed by atoms with Crippen LogP contribution in [0.3, 0.4) is 0 Å². The van der Waals surface area contributed by atoms with Crippen LogP contribution in [0.1, 0.15) is 23.3 Å². The Morgan fingerprint density at radius 3 is 2.35 bits per heavy atom. The predicted molar refractivity (Wildman–Crippen MR) is 131 cm³/mol. The van der Waals surface area contributed by atoms with Crippen molar-refractivity contribution in [2.45, 2.75) is 24.3 Å². The fraction of sp³-hybridized carbons (Fsp3) is 0.280. The van der Waals surface area contributed by atoms with Crippen LogP contribution in [0.2, 0.25) is 0 Å². The first-order valence-electron chi connectivity index (χ1n) is 10.9. The lowest BCUT2D eigenvalue weighted by Gasteiger charge is -2.33. The van der Waals surface area contributed by atoms with Gasteiger partial charge < -0.3 is 9.64 Å². The van der Waals surface area contributed by atoms with Gasteiger partial charge in [-0.1, -0.05) is 6.07 Å². The van der Waals surface area contributed by atoms with Crippen LogP contribution in [0, 0.1) is 17.2 Å². The van der Waals surface area contributed by atoms with Gasteiger partial charge in [0.15, 0.2) is 0 Å². The molecule has 1 aromatic heterocycles. The number of thiophene rings is 1. The highest BCUT2D eigenvalue weighted by molar-refractivity contribution is 7.89. The van der Waals surface area contributed by atoms with Gasteiger partial charge >= 0.3 is 0 Å². The first kappa shape index (κ1) is 24.0. The Labute approximate surface area is 203 Å². The first-order chi connectivity index (χ1) is 16.4. The second-order valence-corrected chi connectivity index (χ2v) is 11.0. The van der Waals surface area contributed by atoms with E-state index in [2.05, 4.69) is 0 Å². The van der Waals surface area contributed by atoms with Crippen LogP contribution in [0.4, 0.5) is 5.69 Å². The van der Waals surface area contributed by atoms with Crippen molar-refractivity contribution in [3.05, 3.63) is 76.5 Å². The maximum atomic E-state index is 13.6. The number of anilines is 1. The largest absolute Gasteiger partial charge is 0.497 e. The number of methoxy groups -OCH3 is 1. The van der Waals surface area contributed by atoms with E-state index in [1.807, 2.05) is 47.8 Å². The van der Waals surface area contributed by atoms with E-state index < -0.39 is 10.0 Å². The van der Waals surface area contributed by atoms with Gasteiger partial charge in [0.1, 0.15) is 5.75 Å². The Morgan fingerprint density at radius 2 is 1.79 bits per heavy atom. The summed E-state index contributed by atoms with van der Waals surface area (Å²) in [5, 5.41) is 10.9. The zero-order chi connectivity index (χ0) is 24.1. The maximum absolute atomic E-state index is 13.6. The third kappa shape index (κ3) is 5.14. The van der Waals surface area contributed by atoms with Crippen molar-refractivity contribution in [1.29, 1.82) is 5.26 Å². The van der Waals surface area contributed by atoms with Gasteiger partial charge in [-0.3, -0.25) is 4.79 Å². The highest BCUT2D eigenvalue weighted by atomic mass is 32.2. The number of hydrogen-bond acceptors (Lipinski definition) is 6. The minimum Gasteiger partial charge on any atom is -0.497 e. The summed E-state index contributed by atoms with van der Waals surface area (Å²) in [6, 6.07) is 19.3. The number of hydrogen-bond donors (Lipinski definition) is 0. The fourth-order valence-corrected chi connectivity index (χ4v) is 6.19. The molecule has 7 nitrogen and oxygen atoms in total. The molecule has 0 saturated carbocycles. The smallest absolute Gasteiger partial charge is 0.243 e. The number of benzene rings is 2. The molecule has 1 fully saturated rings. The molecule has 1 aliphatic heterocycles. The minimum absolute atomic E-state index is 0.00557. The topological polar surface area (TPSA) is 90.7 Å². The molecule has 176 valence electrons. The molecular weight excluding hydrogens is 470 g/mol. The van der Waals surface area contributed by atoms with E-state index in [-0.39, 0.29) is 29.8 Å². The Bertz CT molecular complexity index is 1260. The van der Waals surface area contributed by atoms with Crippen LogP contribution in [-0.2, 0) is 21.4 Å². The van der Waals surface area contributed by atoms with Gasteiger partial charge in [-0.05, 0) is 72.8 Å². The quantitative estimate of drug-likeness (QED) is 0.488. The number of piperidine rings is 1. The van der Waals surface area contributed by atoms with E-state index in [0.29, 0.717) is 30.7 Å². The molecule has 0 bridgehead atoms. The van der Waals surface area contributed by atoms with Gasteiger partial charge in [0.25, 0.3) is 0 Å². The summed E-state index contributed by atoms with van der Waals surface area (Å²) < 4.78 is 32.7. The molecule has 0 N–H and O–H groups in total. The Hall–Kier alpha value is -3.19. The van der Waals surface area contributed by atoms with E-state index in [9.17, 15) is 13.2 Å². The molecule has 0 unspecified atom stereocenters. The number of carbonyl (C=O) groups is 1. The number of rotatable bonds is 7. The second kappa shape index (κ2) is 10.4. The van der Waals surface area contributed by atoms with Crippen LogP contribution in [-0.4, -0.2) is 38.8 Å². The second-order valence-electron chi connectivity index (χ2n) is 8.02. The monoisotopic (exact) mass is 495 g/mol. The summed E-state index contributed by atoms with van der Waals surface area (Å²) in [6.07, 6.45) is 0.900. The third-order valence-corrected chi connectivity index (χ3v) is 8.74. The molecule has 0 radical (unpaired) electrons. The lowest BCUT2D eigenvalue weighted by molar-refractivity contribution is -0.123. The zero-order valence-electron chi connectivity index (χ0n) is 18.8. The predicted octanol–water partition coefficient (Wildman–Crippen LogP) is 4.26. The lowest BCUT2D eigenvalue weighted by atomic mass is 9.96. The average molecular weight is 496 g/mol. The van der Waals surface area contributed by atoms with Gasteiger partial charge in [-0.15, -0.1) is 11.3 Å². The Morgan fingerprint density at radius 1 is 1.12 bits per heavy atom. The van der Waals surface area contributed by atoms with Crippen LogP contribution in [0.15, 0.2) is 70.9 Å². The summed E-state index contributed by atoms with van der Waals surface area (Å²) in [4.78, 5) is 16.6. The van der Waals surface area contributed by atoms with E-state index in [4.69, 9.17) is 10.00 Å². The van der Waals surface area contributed by atoms with Crippen molar-refractivity contribution in [2.24, 2.45) is 5.92 Å². The van der Waals surface area contributed by atoms with Crippen molar-refractivity contribution >= 4 is 33.0 Å². The van der Waals surface area contributed by atoms with Gasteiger partial charge in [-0.2, -0.15) is 9.57 Å². The zero-order valence-corrected chi connectivity index (χ0v) is 20.4. The molecule has 1 amide bonds. The van der Waals surface area contributed by atoms with Gasteiger partial charge in [-0.25, -0.2) is 8.42 Å². The van der Waals surface area contributed by atoms with Crippen LogP contribution in [0.5, 0.6) is 5.75 Å². The molecule has 1 saturated heterocycles. The highest BCUT2D eigenvalue weighted by Crippen LogP contribution is 2.29. The fourth-order valence-electron chi connectivity index (χ4n) is 4.03. The molecule has 0 spiro atoms. The first-order valence-corrected chi connectivity index (χ1v) is 13.2. The van der Waals surface area contributed by atoms with Crippen LogP contribution < -0.4 is 9.64 Å². The van der Waals surface area contributed by atoms with E-state index in [0.717, 1.165) is 10.6 Å². The van der Waals surface area contributed by atoms with Crippen LogP contribution in [0.25, 0.3) is 0 Å². The van der Waals surface area contributed by atoms with Crippen molar-refractivity contribution in [2.75, 3.05) is 25.1 Å². The molecule has 1 aliphatic rings. The average Bonchev–Trinajstić information content (AvgIpc) is 3.40. The molecule has 3 aromatic rings. The number of nitrogens with zero attached hydrogens (tertiary/aromatic N) is 3. The Balaban J connectivity index is 1.48.